The Morgan fingerprint density at radius 2 is 2.13 bits per heavy atom. The summed E-state index contributed by atoms with van der Waals surface area (Å²) in [6.07, 6.45) is 1.41. The van der Waals surface area contributed by atoms with Crippen molar-refractivity contribution in [2.45, 2.75) is 31.5 Å². The normalized spacial score (nSPS) is 25.2. The maximum absolute atomic E-state index is 15.0. The van der Waals surface area contributed by atoms with Crippen LogP contribution < -0.4 is 19.7 Å². The highest BCUT2D eigenvalue weighted by molar-refractivity contribution is 6.33. The lowest BCUT2D eigenvalue weighted by atomic mass is 10.0. The van der Waals surface area contributed by atoms with Gasteiger partial charge in [-0.3, -0.25) is 0 Å². The number of nitrogens with zero attached hydrogens (tertiary/aromatic N) is 3. The number of hydrogen-bond acceptors (Lipinski definition) is 8. The summed E-state index contributed by atoms with van der Waals surface area (Å²) in [6.45, 7) is 4.36. The van der Waals surface area contributed by atoms with E-state index in [0.29, 0.717) is 61.4 Å². The van der Waals surface area contributed by atoms with Gasteiger partial charge in [0.15, 0.2) is 17.3 Å². The van der Waals surface area contributed by atoms with Crippen LogP contribution in [0.4, 0.5) is 16.0 Å². The van der Waals surface area contributed by atoms with Crippen LogP contribution in [0.2, 0.25) is 5.02 Å². The SMILES string of the molecule is C[C@@H]1COc2c(-c3nc(N[C@@H]4CCOC[C@H]4O)ncc3Cl)cc(F)c3c2N1CCO3. The quantitative estimate of drug-likeness (QED) is 0.758. The van der Waals surface area contributed by atoms with Crippen molar-refractivity contribution >= 4 is 23.2 Å². The second kappa shape index (κ2) is 7.72. The van der Waals surface area contributed by atoms with E-state index in [-0.39, 0.29) is 29.5 Å². The van der Waals surface area contributed by atoms with Crippen LogP contribution in [0.25, 0.3) is 11.3 Å². The molecule has 0 bridgehead atoms. The Labute approximate surface area is 177 Å². The van der Waals surface area contributed by atoms with Crippen molar-refractivity contribution in [1.82, 2.24) is 9.97 Å². The lowest BCUT2D eigenvalue weighted by Crippen LogP contribution is -2.45. The van der Waals surface area contributed by atoms with Gasteiger partial charge in [0, 0.05) is 12.2 Å². The topological polar surface area (TPSA) is 89.0 Å². The Morgan fingerprint density at radius 1 is 1.27 bits per heavy atom. The lowest BCUT2D eigenvalue weighted by Gasteiger charge is -2.41. The molecular weight excluding hydrogens is 415 g/mol. The zero-order valence-electron chi connectivity index (χ0n) is 16.4. The minimum absolute atomic E-state index is 0.0999. The fourth-order valence-electron chi connectivity index (χ4n) is 4.10. The number of halogens is 2. The number of anilines is 2. The summed E-state index contributed by atoms with van der Waals surface area (Å²) in [6, 6.07) is 1.20. The van der Waals surface area contributed by atoms with Crippen LogP contribution in [0, 0.1) is 5.82 Å². The third kappa shape index (κ3) is 3.30. The predicted molar refractivity (Wildman–Crippen MR) is 109 cm³/mol. The van der Waals surface area contributed by atoms with E-state index in [0.717, 1.165) is 0 Å². The van der Waals surface area contributed by atoms with Crippen LogP contribution in [0.1, 0.15) is 13.3 Å². The molecule has 160 valence electrons. The summed E-state index contributed by atoms with van der Waals surface area (Å²) in [5, 5.41) is 13.5. The number of ether oxygens (including phenoxy) is 3. The largest absolute Gasteiger partial charge is 0.488 e. The second-order valence-electron chi connectivity index (χ2n) is 7.69. The average molecular weight is 437 g/mol. The monoisotopic (exact) mass is 436 g/mol. The van der Waals surface area contributed by atoms with Gasteiger partial charge in [-0.25, -0.2) is 14.4 Å². The van der Waals surface area contributed by atoms with E-state index in [1.54, 1.807) is 0 Å². The van der Waals surface area contributed by atoms with Gasteiger partial charge in [0.25, 0.3) is 0 Å². The van der Waals surface area contributed by atoms with Crippen molar-refractivity contribution in [3.63, 3.8) is 0 Å². The highest BCUT2D eigenvalue weighted by Gasteiger charge is 2.36. The summed E-state index contributed by atoms with van der Waals surface area (Å²) in [5.74, 6) is 0.500. The van der Waals surface area contributed by atoms with Gasteiger partial charge in [-0.2, -0.15) is 0 Å². The van der Waals surface area contributed by atoms with Gasteiger partial charge >= 0.3 is 0 Å². The summed E-state index contributed by atoms with van der Waals surface area (Å²) in [7, 11) is 0. The van der Waals surface area contributed by atoms with E-state index in [1.807, 2.05) is 6.92 Å². The molecule has 1 aromatic carbocycles. The molecule has 10 heteroatoms. The Morgan fingerprint density at radius 3 is 2.97 bits per heavy atom. The summed E-state index contributed by atoms with van der Waals surface area (Å²) in [4.78, 5) is 10.8. The maximum Gasteiger partial charge on any atom is 0.223 e. The molecule has 5 rings (SSSR count). The molecule has 30 heavy (non-hydrogen) atoms. The molecule has 1 aromatic heterocycles. The maximum atomic E-state index is 15.0. The van der Waals surface area contributed by atoms with Crippen LogP contribution in [-0.4, -0.2) is 66.2 Å². The molecule has 0 aliphatic carbocycles. The minimum Gasteiger partial charge on any atom is -0.488 e. The summed E-state index contributed by atoms with van der Waals surface area (Å²) >= 11 is 6.40. The first-order chi connectivity index (χ1) is 14.5. The smallest absolute Gasteiger partial charge is 0.223 e. The molecule has 3 aliphatic heterocycles. The van der Waals surface area contributed by atoms with Gasteiger partial charge in [0.2, 0.25) is 5.95 Å². The summed E-state index contributed by atoms with van der Waals surface area (Å²) in [5.41, 5.74) is 1.39. The summed E-state index contributed by atoms with van der Waals surface area (Å²) < 4.78 is 31.8. The van der Waals surface area contributed by atoms with E-state index in [2.05, 4.69) is 20.2 Å². The molecule has 0 radical (unpaired) electrons. The minimum atomic E-state index is -0.667. The van der Waals surface area contributed by atoms with Crippen LogP contribution >= 0.6 is 11.6 Å². The Bertz CT molecular complexity index is 978. The third-order valence-corrected chi connectivity index (χ3v) is 5.95. The lowest BCUT2D eigenvalue weighted by molar-refractivity contribution is -0.0136. The standard InChI is InChI=1S/C20H22ClFN4O4/c1-10-8-30-18-11(6-13(22)19-17(18)26(10)3-5-29-19)16-12(21)7-23-20(25-16)24-14-2-4-28-9-15(14)27/h6-7,10,14-15,27H,2-5,8-9H2,1H3,(H,23,24,25)/t10-,14-,15-/m1/s1. The second-order valence-corrected chi connectivity index (χ2v) is 8.09. The Balaban J connectivity index is 1.57. The van der Waals surface area contributed by atoms with Crippen molar-refractivity contribution in [2.24, 2.45) is 0 Å². The average Bonchev–Trinajstić information content (AvgIpc) is 2.75. The fraction of sp³-hybridized carbons (Fsp3) is 0.500. The Kier molecular flexibility index (Phi) is 5.04. The number of aliphatic hydroxyl groups excluding tert-OH is 1. The van der Waals surface area contributed by atoms with Crippen molar-refractivity contribution < 1.29 is 23.7 Å². The molecule has 2 aromatic rings. The number of rotatable bonds is 3. The highest BCUT2D eigenvalue weighted by atomic mass is 35.5. The first kappa shape index (κ1) is 19.6. The first-order valence-electron chi connectivity index (χ1n) is 9.97. The van der Waals surface area contributed by atoms with Gasteiger partial charge in [0.1, 0.15) is 18.9 Å². The number of aromatic nitrogens is 2. The number of nitrogens with one attached hydrogen (secondary N) is 1. The molecule has 4 heterocycles. The zero-order valence-corrected chi connectivity index (χ0v) is 17.2. The van der Waals surface area contributed by atoms with E-state index < -0.39 is 11.9 Å². The van der Waals surface area contributed by atoms with Crippen molar-refractivity contribution in [3.05, 3.63) is 23.1 Å². The third-order valence-electron chi connectivity index (χ3n) is 5.67. The first-order valence-corrected chi connectivity index (χ1v) is 10.3. The number of aliphatic hydroxyl groups is 1. The van der Waals surface area contributed by atoms with Crippen molar-refractivity contribution in [3.8, 4) is 22.8 Å². The van der Waals surface area contributed by atoms with Crippen LogP contribution in [0.5, 0.6) is 11.5 Å². The van der Waals surface area contributed by atoms with Crippen molar-refractivity contribution in [2.75, 3.05) is 43.2 Å². The molecule has 0 spiro atoms. The zero-order chi connectivity index (χ0) is 20.8. The molecule has 3 atom stereocenters. The van der Waals surface area contributed by atoms with Crippen LogP contribution in [-0.2, 0) is 4.74 Å². The molecule has 2 N–H and O–H groups in total. The number of hydrogen-bond donors (Lipinski definition) is 2. The molecule has 0 saturated carbocycles. The van der Waals surface area contributed by atoms with Gasteiger partial charge in [-0.15, -0.1) is 0 Å². The van der Waals surface area contributed by atoms with Crippen LogP contribution in [0.3, 0.4) is 0 Å². The van der Waals surface area contributed by atoms with Crippen LogP contribution in [0.15, 0.2) is 12.3 Å². The molecular formula is C20H22ClFN4O4. The molecule has 1 saturated heterocycles. The predicted octanol–water partition coefficient (Wildman–Crippen LogP) is 2.48. The molecule has 0 amide bonds. The Hall–Kier alpha value is -2.36. The number of benzene rings is 1. The molecule has 1 fully saturated rings. The van der Waals surface area contributed by atoms with Gasteiger partial charge < -0.3 is 29.5 Å². The van der Waals surface area contributed by atoms with E-state index in [4.69, 9.17) is 25.8 Å². The molecule has 0 unspecified atom stereocenters. The van der Waals surface area contributed by atoms with Gasteiger partial charge in [0.05, 0.1) is 48.3 Å². The van der Waals surface area contributed by atoms with E-state index in [1.165, 1.54) is 12.3 Å². The molecule has 8 nitrogen and oxygen atoms in total. The van der Waals surface area contributed by atoms with E-state index in [9.17, 15) is 9.50 Å². The molecule has 3 aliphatic rings. The van der Waals surface area contributed by atoms with Crippen molar-refractivity contribution in [1.29, 1.82) is 0 Å². The van der Waals surface area contributed by atoms with Gasteiger partial charge in [-0.05, 0) is 19.4 Å². The van der Waals surface area contributed by atoms with E-state index >= 15 is 0 Å². The highest BCUT2D eigenvalue weighted by Crippen LogP contribution is 2.51. The fourth-order valence-corrected chi connectivity index (χ4v) is 4.29. The van der Waals surface area contributed by atoms with Gasteiger partial charge in [-0.1, -0.05) is 11.6 Å².